The molecule has 0 atom stereocenters. The average molecular weight is 379 g/mol. The molecule has 0 aromatic carbocycles. The highest BCUT2D eigenvalue weighted by Crippen LogP contribution is 2.36. The van der Waals surface area contributed by atoms with Crippen LogP contribution in [0.3, 0.4) is 0 Å². The summed E-state index contributed by atoms with van der Waals surface area (Å²) in [6, 6.07) is 1.73. The molecule has 2 aromatic heterocycles. The van der Waals surface area contributed by atoms with Crippen molar-refractivity contribution in [2.24, 2.45) is 5.73 Å². The second-order valence-corrected chi connectivity index (χ2v) is 6.86. The standard InChI is InChI=1S/C17H20F3N7/c18-17(19,20)15-12(9-22-10-23-15)13-8-14(26-4-1-5-26)25-16(24-13)27-6-2-11(21)3-7-27/h8-11H,1-7,21H2. The number of halogens is 3. The minimum absolute atomic E-state index is 0.135. The van der Waals surface area contributed by atoms with Gasteiger partial charge in [-0.25, -0.2) is 15.0 Å². The van der Waals surface area contributed by atoms with E-state index in [1.165, 1.54) is 0 Å². The molecule has 2 saturated heterocycles. The van der Waals surface area contributed by atoms with E-state index in [1.807, 2.05) is 9.80 Å². The van der Waals surface area contributed by atoms with E-state index in [0.717, 1.165) is 44.9 Å². The summed E-state index contributed by atoms with van der Waals surface area (Å²) in [6.45, 7) is 3.03. The van der Waals surface area contributed by atoms with Crippen LogP contribution in [0.4, 0.5) is 24.9 Å². The largest absolute Gasteiger partial charge is 0.434 e. The summed E-state index contributed by atoms with van der Waals surface area (Å²) in [5, 5.41) is 0. The molecular formula is C17H20F3N7. The van der Waals surface area contributed by atoms with E-state index in [0.29, 0.717) is 24.9 Å². The van der Waals surface area contributed by atoms with Crippen LogP contribution in [0.25, 0.3) is 11.3 Å². The third-order valence-corrected chi connectivity index (χ3v) is 4.96. The molecule has 4 heterocycles. The van der Waals surface area contributed by atoms with Gasteiger partial charge in [0.25, 0.3) is 0 Å². The molecule has 0 bridgehead atoms. The summed E-state index contributed by atoms with van der Waals surface area (Å²) in [4.78, 5) is 20.3. The molecular weight excluding hydrogens is 359 g/mol. The molecule has 0 aliphatic carbocycles. The zero-order chi connectivity index (χ0) is 19.0. The molecule has 2 aliphatic rings. The Morgan fingerprint density at radius 1 is 1.04 bits per heavy atom. The molecule has 0 amide bonds. The Hall–Kier alpha value is -2.49. The maximum absolute atomic E-state index is 13.4. The van der Waals surface area contributed by atoms with Gasteiger partial charge in [-0.15, -0.1) is 0 Å². The fraction of sp³-hybridized carbons (Fsp3) is 0.529. The molecule has 27 heavy (non-hydrogen) atoms. The van der Waals surface area contributed by atoms with E-state index < -0.39 is 11.9 Å². The minimum Gasteiger partial charge on any atom is -0.356 e. The van der Waals surface area contributed by atoms with Gasteiger partial charge in [0.2, 0.25) is 5.95 Å². The summed E-state index contributed by atoms with van der Waals surface area (Å²) in [7, 11) is 0. The van der Waals surface area contributed by atoms with Crippen LogP contribution in [-0.4, -0.2) is 52.2 Å². The van der Waals surface area contributed by atoms with Gasteiger partial charge in [-0.1, -0.05) is 0 Å². The Labute approximate surface area is 154 Å². The van der Waals surface area contributed by atoms with Crippen molar-refractivity contribution in [2.75, 3.05) is 36.0 Å². The first-order chi connectivity index (χ1) is 12.9. The molecule has 2 aromatic rings. The van der Waals surface area contributed by atoms with Crippen LogP contribution in [0.2, 0.25) is 0 Å². The lowest BCUT2D eigenvalue weighted by molar-refractivity contribution is -0.140. The van der Waals surface area contributed by atoms with Crippen LogP contribution in [0.5, 0.6) is 0 Å². The van der Waals surface area contributed by atoms with E-state index in [1.54, 1.807) is 6.07 Å². The number of anilines is 2. The van der Waals surface area contributed by atoms with Crippen LogP contribution in [0.1, 0.15) is 25.0 Å². The molecule has 2 aliphatic heterocycles. The highest BCUT2D eigenvalue weighted by atomic mass is 19.4. The average Bonchev–Trinajstić information content (AvgIpc) is 2.60. The number of nitrogens with zero attached hydrogens (tertiary/aromatic N) is 6. The Morgan fingerprint density at radius 3 is 2.41 bits per heavy atom. The Kier molecular flexibility index (Phi) is 4.58. The first-order valence-corrected chi connectivity index (χ1v) is 8.94. The fourth-order valence-electron chi connectivity index (χ4n) is 3.25. The van der Waals surface area contributed by atoms with E-state index in [-0.39, 0.29) is 17.3 Å². The van der Waals surface area contributed by atoms with Crippen LogP contribution in [-0.2, 0) is 6.18 Å². The lowest BCUT2D eigenvalue weighted by Crippen LogP contribution is -2.41. The topological polar surface area (TPSA) is 84.1 Å². The van der Waals surface area contributed by atoms with Crippen LogP contribution < -0.4 is 15.5 Å². The molecule has 2 fully saturated rings. The summed E-state index contributed by atoms with van der Waals surface area (Å²) in [6.07, 6.45) is 0.113. The monoisotopic (exact) mass is 379 g/mol. The number of nitrogens with two attached hydrogens (primary N) is 1. The predicted octanol–water partition coefficient (Wildman–Crippen LogP) is 2.09. The molecule has 10 heteroatoms. The van der Waals surface area contributed by atoms with E-state index in [4.69, 9.17) is 5.73 Å². The lowest BCUT2D eigenvalue weighted by Gasteiger charge is -2.34. The predicted molar refractivity (Wildman–Crippen MR) is 94.3 cm³/mol. The zero-order valence-electron chi connectivity index (χ0n) is 14.7. The Balaban J connectivity index is 1.78. The van der Waals surface area contributed by atoms with Crippen molar-refractivity contribution in [3.05, 3.63) is 24.3 Å². The lowest BCUT2D eigenvalue weighted by atomic mass is 10.1. The van der Waals surface area contributed by atoms with Gasteiger partial charge in [-0.05, 0) is 19.3 Å². The van der Waals surface area contributed by atoms with Crippen molar-refractivity contribution in [3.63, 3.8) is 0 Å². The number of piperidine rings is 1. The van der Waals surface area contributed by atoms with Crippen molar-refractivity contribution in [3.8, 4) is 11.3 Å². The summed E-state index contributed by atoms with van der Waals surface area (Å²) < 4.78 is 40.2. The summed E-state index contributed by atoms with van der Waals surface area (Å²) in [5.41, 5.74) is 5.02. The van der Waals surface area contributed by atoms with Crippen LogP contribution >= 0.6 is 0 Å². The summed E-state index contributed by atoms with van der Waals surface area (Å²) in [5.74, 6) is 1.06. The first-order valence-electron chi connectivity index (χ1n) is 8.94. The molecule has 0 unspecified atom stereocenters. The number of hydrogen-bond donors (Lipinski definition) is 1. The van der Waals surface area contributed by atoms with Gasteiger partial charge in [0.05, 0.1) is 5.69 Å². The zero-order valence-corrected chi connectivity index (χ0v) is 14.7. The van der Waals surface area contributed by atoms with E-state index >= 15 is 0 Å². The van der Waals surface area contributed by atoms with Crippen molar-refractivity contribution < 1.29 is 13.2 Å². The molecule has 0 radical (unpaired) electrons. The normalized spacial score (nSPS) is 18.5. The molecule has 2 N–H and O–H groups in total. The van der Waals surface area contributed by atoms with Crippen LogP contribution in [0.15, 0.2) is 18.6 Å². The summed E-state index contributed by atoms with van der Waals surface area (Å²) >= 11 is 0. The smallest absolute Gasteiger partial charge is 0.356 e. The number of rotatable bonds is 3. The van der Waals surface area contributed by atoms with E-state index in [9.17, 15) is 13.2 Å². The van der Waals surface area contributed by atoms with Crippen molar-refractivity contribution in [2.45, 2.75) is 31.5 Å². The minimum atomic E-state index is -4.59. The van der Waals surface area contributed by atoms with Gasteiger partial charge >= 0.3 is 6.18 Å². The first kappa shape index (κ1) is 17.9. The Morgan fingerprint density at radius 2 is 1.78 bits per heavy atom. The maximum Gasteiger partial charge on any atom is 0.434 e. The number of alkyl halides is 3. The molecule has 4 rings (SSSR count). The highest BCUT2D eigenvalue weighted by molar-refractivity contribution is 5.67. The van der Waals surface area contributed by atoms with Gasteiger partial charge in [-0.3, -0.25) is 0 Å². The second kappa shape index (κ2) is 6.91. The SMILES string of the molecule is NC1CCN(c2nc(-c3cncnc3C(F)(F)F)cc(N3CCC3)n2)CC1. The van der Waals surface area contributed by atoms with Crippen LogP contribution in [0, 0.1) is 0 Å². The van der Waals surface area contributed by atoms with Gasteiger partial charge in [0, 0.05) is 50.0 Å². The third kappa shape index (κ3) is 3.66. The molecule has 0 saturated carbocycles. The highest BCUT2D eigenvalue weighted by Gasteiger charge is 2.36. The van der Waals surface area contributed by atoms with Crippen molar-refractivity contribution in [1.82, 2.24) is 19.9 Å². The second-order valence-electron chi connectivity index (χ2n) is 6.86. The van der Waals surface area contributed by atoms with Gasteiger partial charge in [0.1, 0.15) is 12.1 Å². The molecule has 0 spiro atoms. The fourth-order valence-corrected chi connectivity index (χ4v) is 3.25. The van der Waals surface area contributed by atoms with E-state index in [2.05, 4.69) is 19.9 Å². The number of hydrogen-bond acceptors (Lipinski definition) is 7. The van der Waals surface area contributed by atoms with Gasteiger partial charge in [-0.2, -0.15) is 18.2 Å². The number of aromatic nitrogens is 4. The van der Waals surface area contributed by atoms with Gasteiger partial charge in [0.15, 0.2) is 5.69 Å². The Bertz CT molecular complexity index is 814. The van der Waals surface area contributed by atoms with Crippen molar-refractivity contribution >= 4 is 11.8 Å². The molecule has 144 valence electrons. The molecule has 7 nitrogen and oxygen atoms in total. The maximum atomic E-state index is 13.4. The third-order valence-electron chi connectivity index (χ3n) is 4.96. The quantitative estimate of drug-likeness (QED) is 0.874. The van der Waals surface area contributed by atoms with Crippen molar-refractivity contribution in [1.29, 1.82) is 0 Å². The van der Waals surface area contributed by atoms with Gasteiger partial charge < -0.3 is 15.5 Å².